The number of halogens is 1. The average Bonchev–Trinajstić information content (AvgIpc) is 3.20. The molecule has 0 radical (unpaired) electrons. The first-order chi connectivity index (χ1) is 9.83. The maximum Gasteiger partial charge on any atom is 0.148 e. The van der Waals surface area contributed by atoms with Crippen LogP contribution in [0.5, 0.6) is 0 Å². The summed E-state index contributed by atoms with van der Waals surface area (Å²) in [5.41, 5.74) is 2.46. The Hall–Kier alpha value is -0.430. The third-order valence-corrected chi connectivity index (χ3v) is 5.24. The Kier molecular flexibility index (Phi) is 5.82. The second-order valence-electron chi connectivity index (χ2n) is 5.95. The minimum Gasteiger partial charge on any atom is -0.310 e. The first-order valence-electron chi connectivity index (χ1n) is 7.20. The van der Waals surface area contributed by atoms with Gasteiger partial charge in [-0.2, -0.15) is 0 Å². The van der Waals surface area contributed by atoms with Gasteiger partial charge in [0.15, 0.2) is 0 Å². The van der Waals surface area contributed by atoms with E-state index < -0.39 is 9.84 Å². The van der Waals surface area contributed by atoms with Crippen molar-refractivity contribution in [1.29, 1.82) is 0 Å². The van der Waals surface area contributed by atoms with Crippen molar-refractivity contribution in [3.05, 3.63) is 33.8 Å². The van der Waals surface area contributed by atoms with Gasteiger partial charge in [0.05, 0.1) is 5.75 Å². The van der Waals surface area contributed by atoms with E-state index in [0.29, 0.717) is 12.6 Å². The molecule has 1 saturated carbocycles. The van der Waals surface area contributed by atoms with Crippen LogP contribution in [0.2, 0.25) is 0 Å². The summed E-state index contributed by atoms with van der Waals surface area (Å²) < 4.78 is 23.5. The number of benzene rings is 1. The van der Waals surface area contributed by atoms with E-state index in [2.05, 4.69) is 39.4 Å². The Morgan fingerprint density at radius 3 is 2.67 bits per heavy atom. The van der Waals surface area contributed by atoms with Gasteiger partial charge in [-0.25, -0.2) is 8.42 Å². The normalized spacial score (nSPS) is 15.6. The summed E-state index contributed by atoms with van der Waals surface area (Å²) in [6.07, 6.45) is 3.87. The molecule has 0 aromatic heterocycles. The van der Waals surface area contributed by atoms with Gasteiger partial charge in [0, 0.05) is 36.4 Å². The molecule has 118 valence electrons. The minimum atomic E-state index is -2.90. The second-order valence-corrected chi connectivity index (χ2v) is 9.06. The summed E-state index contributed by atoms with van der Waals surface area (Å²) in [4.78, 5) is 2.03. The topological polar surface area (TPSA) is 49.4 Å². The number of hydrogen-bond donors (Lipinski definition) is 1. The van der Waals surface area contributed by atoms with E-state index in [9.17, 15) is 8.42 Å². The van der Waals surface area contributed by atoms with Gasteiger partial charge >= 0.3 is 0 Å². The van der Waals surface area contributed by atoms with E-state index in [0.717, 1.165) is 17.6 Å². The van der Waals surface area contributed by atoms with Crippen LogP contribution < -0.4 is 5.32 Å². The van der Waals surface area contributed by atoms with Crippen LogP contribution in [0.15, 0.2) is 22.7 Å². The molecule has 1 aromatic carbocycles. The zero-order chi connectivity index (χ0) is 15.5. The lowest BCUT2D eigenvalue weighted by Gasteiger charge is -2.17. The molecule has 4 nitrogen and oxygen atoms in total. The lowest BCUT2D eigenvalue weighted by Crippen LogP contribution is -2.25. The molecule has 0 bridgehead atoms. The van der Waals surface area contributed by atoms with Crippen LogP contribution in [0.3, 0.4) is 0 Å². The third-order valence-electron chi connectivity index (χ3n) is 3.57. The van der Waals surface area contributed by atoms with Crippen LogP contribution in [0, 0.1) is 0 Å². The highest BCUT2D eigenvalue weighted by Crippen LogP contribution is 2.22. The fourth-order valence-electron chi connectivity index (χ4n) is 2.07. The Labute approximate surface area is 136 Å². The molecule has 6 heteroatoms. The van der Waals surface area contributed by atoms with Crippen LogP contribution in [-0.4, -0.2) is 45.0 Å². The van der Waals surface area contributed by atoms with Crippen LogP contribution >= 0.6 is 15.9 Å². The monoisotopic (exact) mass is 374 g/mol. The number of hydrogen-bond acceptors (Lipinski definition) is 4. The Morgan fingerprint density at radius 1 is 1.38 bits per heavy atom. The van der Waals surface area contributed by atoms with Crippen molar-refractivity contribution in [3.8, 4) is 0 Å². The molecule has 21 heavy (non-hydrogen) atoms. The fourth-order valence-corrected chi connectivity index (χ4v) is 3.27. The zero-order valence-corrected chi connectivity index (χ0v) is 15.0. The molecule has 0 spiro atoms. The first kappa shape index (κ1) is 16.9. The molecule has 1 aromatic rings. The number of rotatable bonds is 8. The summed E-state index contributed by atoms with van der Waals surface area (Å²) in [7, 11) is -0.955. The van der Waals surface area contributed by atoms with Gasteiger partial charge in [0.2, 0.25) is 0 Å². The minimum absolute atomic E-state index is 0.199. The van der Waals surface area contributed by atoms with Gasteiger partial charge in [0.25, 0.3) is 0 Å². The highest BCUT2D eigenvalue weighted by atomic mass is 79.9. The summed E-state index contributed by atoms with van der Waals surface area (Å²) in [5.74, 6) is 0.199. The molecule has 1 N–H and O–H groups in total. The second kappa shape index (κ2) is 7.22. The smallest absolute Gasteiger partial charge is 0.148 e. The molecule has 1 fully saturated rings. The lowest BCUT2D eigenvalue weighted by atomic mass is 10.1. The van der Waals surface area contributed by atoms with Crippen molar-refractivity contribution >= 4 is 25.8 Å². The number of nitrogens with zero attached hydrogens (tertiary/aromatic N) is 1. The van der Waals surface area contributed by atoms with Crippen molar-refractivity contribution < 1.29 is 8.42 Å². The van der Waals surface area contributed by atoms with Crippen molar-refractivity contribution in [2.24, 2.45) is 0 Å². The van der Waals surface area contributed by atoms with E-state index >= 15 is 0 Å². The molecule has 0 amide bonds. The van der Waals surface area contributed by atoms with Gasteiger partial charge in [-0.3, -0.25) is 0 Å². The summed E-state index contributed by atoms with van der Waals surface area (Å²) in [6, 6.07) is 7.12. The molecule has 1 aliphatic carbocycles. The molecule has 0 atom stereocenters. The SMILES string of the molecule is CN(CCS(C)(=O)=O)Cc1ccc(CNC2CC2)cc1Br. The molecule has 2 rings (SSSR count). The van der Waals surface area contributed by atoms with Gasteiger partial charge < -0.3 is 10.2 Å². The van der Waals surface area contributed by atoms with E-state index in [1.807, 2.05) is 11.9 Å². The van der Waals surface area contributed by atoms with Crippen LogP contribution in [0.1, 0.15) is 24.0 Å². The molecule has 0 saturated heterocycles. The largest absolute Gasteiger partial charge is 0.310 e. The van der Waals surface area contributed by atoms with Crippen molar-refractivity contribution in [1.82, 2.24) is 10.2 Å². The van der Waals surface area contributed by atoms with Gasteiger partial charge in [-0.05, 0) is 37.1 Å². The Morgan fingerprint density at radius 2 is 2.10 bits per heavy atom. The quantitative estimate of drug-likeness (QED) is 0.757. The molecular weight excluding hydrogens is 352 g/mol. The zero-order valence-electron chi connectivity index (χ0n) is 12.6. The van der Waals surface area contributed by atoms with Crippen LogP contribution in [0.25, 0.3) is 0 Å². The van der Waals surface area contributed by atoms with Crippen LogP contribution in [-0.2, 0) is 22.9 Å². The van der Waals surface area contributed by atoms with Gasteiger partial charge in [-0.15, -0.1) is 0 Å². The highest BCUT2D eigenvalue weighted by molar-refractivity contribution is 9.10. The molecule has 1 aliphatic rings. The van der Waals surface area contributed by atoms with Gasteiger partial charge in [0.1, 0.15) is 9.84 Å². The predicted octanol–water partition coefficient (Wildman–Crippen LogP) is 2.18. The van der Waals surface area contributed by atoms with E-state index in [4.69, 9.17) is 0 Å². The maximum absolute atomic E-state index is 11.2. The summed E-state index contributed by atoms with van der Waals surface area (Å²) in [6.45, 7) is 2.20. The molecular formula is C15H23BrN2O2S. The number of sulfone groups is 1. The van der Waals surface area contributed by atoms with Crippen molar-refractivity contribution in [2.45, 2.75) is 32.0 Å². The predicted molar refractivity (Wildman–Crippen MR) is 90.0 cm³/mol. The third kappa shape index (κ3) is 6.46. The Balaban J connectivity index is 1.87. The summed E-state index contributed by atoms with van der Waals surface area (Å²) >= 11 is 3.62. The standard InChI is InChI=1S/C15H23BrN2O2S/c1-18(7-8-21(2,19)20)11-13-4-3-12(9-15(13)16)10-17-14-5-6-14/h3-4,9,14,17H,5-8,10-11H2,1-2H3. The fraction of sp³-hybridized carbons (Fsp3) is 0.600. The van der Waals surface area contributed by atoms with Crippen LogP contribution in [0.4, 0.5) is 0 Å². The highest BCUT2D eigenvalue weighted by Gasteiger charge is 2.20. The van der Waals surface area contributed by atoms with E-state index in [-0.39, 0.29) is 5.75 Å². The van der Waals surface area contributed by atoms with E-state index in [1.54, 1.807) is 0 Å². The van der Waals surface area contributed by atoms with Crippen molar-refractivity contribution in [3.63, 3.8) is 0 Å². The summed E-state index contributed by atoms with van der Waals surface area (Å²) in [5, 5.41) is 3.50. The molecule has 0 aliphatic heterocycles. The molecule has 0 heterocycles. The first-order valence-corrected chi connectivity index (χ1v) is 10.1. The molecule has 0 unspecified atom stereocenters. The average molecular weight is 375 g/mol. The van der Waals surface area contributed by atoms with Crippen molar-refractivity contribution in [2.75, 3.05) is 25.6 Å². The maximum atomic E-state index is 11.2. The Bertz CT molecular complexity index is 585. The van der Waals surface area contributed by atoms with Gasteiger partial charge in [-0.1, -0.05) is 28.1 Å². The lowest BCUT2D eigenvalue weighted by molar-refractivity contribution is 0.345. The van der Waals surface area contributed by atoms with E-state index in [1.165, 1.54) is 30.2 Å². The number of nitrogens with one attached hydrogen (secondary N) is 1.